The lowest BCUT2D eigenvalue weighted by Crippen LogP contribution is -2.09. The van der Waals surface area contributed by atoms with E-state index in [9.17, 15) is 5.11 Å². The Kier molecular flexibility index (Phi) is 3.95. The summed E-state index contributed by atoms with van der Waals surface area (Å²) < 4.78 is 1.91. The van der Waals surface area contributed by atoms with Crippen LogP contribution in [0.15, 0.2) is 24.5 Å². The van der Waals surface area contributed by atoms with E-state index < -0.39 is 6.10 Å². The van der Waals surface area contributed by atoms with Gasteiger partial charge in [-0.15, -0.1) is 0 Å². The van der Waals surface area contributed by atoms with Crippen molar-refractivity contribution in [1.82, 2.24) is 9.55 Å². The highest BCUT2D eigenvalue weighted by Gasteiger charge is 2.14. The van der Waals surface area contributed by atoms with Crippen LogP contribution in [-0.2, 0) is 6.54 Å². The molecule has 18 heavy (non-hydrogen) atoms. The highest BCUT2D eigenvalue weighted by atomic mass is 35.5. The highest BCUT2D eigenvalue weighted by molar-refractivity contribution is 6.35. The molecular formula is C13H14Cl2N2O. The SMILES string of the molecule is Cc1ncn(CC(O)c2ccc(Cl)cc2Cl)c1C. The lowest BCUT2D eigenvalue weighted by atomic mass is 10.1. The monoisotopic (exact) mass is 284 g/mol. The molecule has 0 aliphatic heterocycles. The Bertz CT molecular complexity index is 566. The van der Waals surface area contributed by atoms with Crippen molar-refractivity contribution in [2.75, 3.05) is 0 Å². The van der Waals surface area contributed by atoms with Crippen LogP contribution < -0.4 is 0 Å². The molecule has 1 N–H and O–H groups in total. The van der Waals surface area contributed by atoms with Gasteiger partial charge in [0.1, 0.15) is 0 Å². The Morgan fingerprint density at radius 2 is 2.06 bits per heavy atom. The van der Waals surface area contributed by atoms with Gasteiger partial charge in [0.25, 0.3) is 0 Å². The third-order valence-electron chi connectivity index (χ3n) is 3.04. The third kappa shape index (κ3) is 2.69. The number of imidazole rings is 1. The number of benzene rings is 1. The van der Waals surface area contributed by atoms with E-state index in [4.69, 9.17) is 23.2 Å². The standard InChI is InChI=1S/C13H14Cl2N2O/c1-8-9(2)17(7-16-8)6-13(18)11-4-3-10(14)5-12(11)15/h3-5,7,13,18H,6H2,1-2H3. The molecule has 0 spiro atoms. The van der Waals surface area contributed by atoms with E-state index in [0.717, 1.165) is 11.4 Å². The Balaban J connectivity index is 2.22. The van der Waals surface area contributed by atoms with Crippen molar-refractivity contribution in [3.8, 4) is 0 Å². The molecule has 0 aliphatic carbocycles. The maximum atomic E-state index is 10.2. The van der Waals surface area contributed by atoms with E-state index >= 15 is 0 Å². The lowest BCUT2D eigenvalue weighted by molar-refractivity contribution is 0.156. The number of aryl methyl sites for hydroxylation is 1. The second-order valence-corrected chi connectivity index (χ2v) is 5.09. The van der Waals surface area contributed by atoms with Gasteiger partial charge >= 0.3 is 0 Å². The van der Waals surface area contributed by atoms with Crippen LogP contribution in [-0.4, -0.2) is 14.7 Å². The molecule has 0 saturated heterocycles. The van der Waals surface area contributed by atoms with Gasteiger partial charge in [0, 0.05) is 21.3 Å². The number of halogens is 2. The molecule has 1 aromatic heterocycles. The summed E-state index contributed by atoms with van der Waals surface area (Å²) in [4.78, 5) is 4.20. The first-order valence-electron chi connectivity index (χ1n) is 5.60. The van der Waals surface area contributed by atoms with Crippen molar-refractivity contribution in [2.24, 2.45) is 0 Å². The zero-order valence-electron chi connectivity index (χ0n) is 10.2. The van der Waals surface area contributed by atoms with Crippen LogP contribution in [0.25, 0.3) is 0 Å². The van der Waals surface area contributed by atoms with Crippen LogP contribution in [0.5, 0.6) is 0 Å². The van der Waals surface area contributed by atoms with E-state index in [1.54, 1.807) is 24.5 Å². The largest absolute Gasteiger partial charge is 0.386 e. The molecule has 0 bridgehead atoms. The average Bonchev–Trinajstić information content (AvgIpc) is 2.61. The minimum atomic E-state index is -0.679. The van der Waals surface area contributed by atoms with E-state index in [2.05, 4.69) is 4.98 Å². The number of nitrogens with zero attached hydrogens (tertiary/aromatic N) is 2. The second kappa shape index (κ2) is 5.31. The van der Waals surface area contributed by atoms with Gasteiger partial charge in [-0.2, -0.15) is 0 Å². The molecule has 0 saturated carbocycles. The molecule has 2 aromatic rings. The van der Waals surface area contributed by atoms with Crippen molar-refractivity contribution in [3.63, 3.8) is 0 Å². The first kappa shape index (κ1) is 13.4. The predicted octanol–water partition coefficient (Wildman–Crippen LogP) is 3.54. The Hall–Kier alpha value is -1.03. The van der Waals surface area contributed by atoms with Gasteiger partial charge in [0.05, 0.1) is 24.7 Å². The molecule has 0 fully saturated rings. The summed E-state index contributed by atoms with van der Waals surface area (Å²) in [5.41, 5.74) is 2.68. The third-order valence-corrected chi connectivity index (χ3v) is 3.60. The summed E-state index contributed by atoms with van der Waals surface area (Å²) in [6, 6.07) is 5.10. The topological polar surface area (TPSA) is 38.0 Å². The number of aliphatic hydroxyl groups excluding tert-OH is 1. The van der Waals surface area contributed by atoms with Crippen molar-refractivity contribution >= 4 is 23.2 Å². The van der Waals surface area contributed by atoms with Gasteiger partial charge in [-0.25, -0.2) is 4.98 Å². The zero-order valence-corrected chi connectivity index (χ0v) is 11.7. The fraction of sp³-hybridized carbons (Fsp3) is 0.308. The van der Waals surface area contributed by atoms with Crippen molar-refractivity contribution in [2.45, 2.75) is 26.5 Å². The normalized spacial score (nSPS) is 12.7. The van der Waals surface area contributed by atoms with Crippen molar-refractivity contribution in [1.29, 1.82) is 0 Å². The van der Waals surface area contributed by atoms with Crippen LogP contribution in [0, 0.1) is 13.8 Å². The van der Waals surface area contributed by atoms with Gasteiger partial charge in [-0.3, -0.25) is 0 Å². The Morgan fingerprint density at radius 1 is 1.33 bits per heavy atom. The molecule has 0 aliphatic rings. The first-order valence-corrected chi connectivity index (χ1v) is 6.36. The van der Waals surface area contributed by atoms with E-state index in [0.29, 0.717) is 22.2 Å². The molecule has 96 valence electrons. The molecule has 0 radical (unpaired) electrons. The maximum absolute atomic E-state index is 10.2. The van der Waals surface area contributed by atoms with Gasteiger partial charge in [0.2, 0.25) is 0 Å². The number of rotatable bonds is 3. The van der Waals surface area contributed by atoms with Crippen molar-refractivity contribution < 1.29 is 5.11 Å². The zero-order chi connectivity index (χ0) is 13.3. The predicted molar refractivity (Wildman–Crippen MR) is 73.1 cm³/mol. The molecular weight excluding hydrogens is 271 g/mol. The number of hydrogen-bond donors (Lipinski definition) is 1. The number of aromatic nitrogens is 2. The Labute approximate surface area is 116 Å². The summed E-state index contributed by atoms with van der Waals surface area (Å²) in [5.74, 6) is 0. The molecule has 3 nitrogen and oxygen atoms in total. The van der Waals surface area contributed by atoms with Gasteiger partial charge in [0.15, 0.2) is 0 Å². The quantitative estimate of drug-likeness (QED) is 0.936. The summed E-state index contributed by atoms with van der Waals surface area (Å²) in [6.07, 6.45) is 1.04. The summed E-state index contributed by atoms with van der Waals surface area (Å²) >= 11 is 11.9. The fourth-order valence-corrected chi connectivity index (χ4v) is 2.32. The maximum Gasteiger partial charge on any atom is 0.0983 e. The molecule has 1 aromatic carbocycles. The number of hydrogen-bond acceptors (Lipinski definition) is 2. The summed E-state index contributed by atoms with van der Waals surface area (Å²) in [6.45, 7) is 4.33. The minimum Gasteiger partial charge on any atom is -0.386 e. The smallest absolute Gasteiger partial charge is 0.0983 e. The Morgan fingerprint density at radius 3 is 2.61 bits per heavy atom. The molecule has 5 heteroatoms. The molecule has 1 atom stereocenters. The molecule has 0 amide bonds. The second-order valence-electron chi connectivity index (χ2n) is 4.25. The van der Waals surface area contributed by atoms with E-state index in [1.807, 2.05) is 18.4 Å². The first-order chi connectivity index (χ1) is 8.49. The summed E-state index contributed by atoms with van der Waals surface area (Å²) in [5, 5.41) is 11.2. The van der Waals surface area contributed by atoms with E-state index in [1.165, 1.54) is 0 Å². The van der Waals surface area contributed by atoms with Crippen LogP contribution >= 0.6 is 23.2 Å². The lowest BCUT2D eigenvalue weighted by Gasteiger charge is -2.14. The van der Waals surface area contributed by atoms with Crippen LogP contribution in [0.1, 0.15) is 23.1 Å². The fourth-order valence-electron chi connectivity index (χ4n) is 1.78. The van der Waals surface area contributed by atoms with E-state index in [-0.39, 0.29) is 0 Å². The summed E-state index contributed by atoms with van der Waals surface area (Å²) in [7, 11) is 0. The van der Waals surface area contributed by atoms with Crippen molar-refractivity contribution in [3.05, 3.63) is 51.5 Å². The van der Waals surface area contributed by atoms with Crippen LogP contribution in [0.2, 0.25) is 10.0 Å². The molecule has 1 heterocycles. The van der Waals surface area contributed by atoms with Crippen LogP contribution in [0.4, 0.5) is 0 Å². The van der Waals surface area contributed by atoms with Gasteiger partial charge < -0.3 is 9.67 Å². The minimum absolute atomic E-state index is 0.425. The average molecular weight is 285 g/mol. The van der Waals surface area contributed by atoms with Crippen LogP contribution in [0.3, 0.4) is 0 Å². The molecule has 2 rings (SSSR count). The number of aliphatic hydroxyl groups is 1. The van der Waals surface area contributed by atoms with Gasteiger partial charge in [-0.1, -0.05) is 29.3 Å². The van der Waals surface area contributed by atoms with Gasteiger partial charge in [-0.05, 0) is 26.0 Å². The molecule has 1 unspecified atom stereocenters. The highest BCUT2D eigenvalue weighted by Crippen LogP contribution is 2.27.